The first-order valence-electron chi connectivity index (χ1n) is 6.90. The minimum absolute atomic E-state index is 0.0237. The van der Waals surface area contributed by atoms with E-state index in [0.29, 0.717) is 5.56 Å². The molecule has 0 amide bonds. The van der Waals surface area contributed by atoms with Gasteiger partial charge in [0.1, 0.15) is 0 Å². The van der Waals surface area contributed by atoms with Gasteiger partial charge in [0.15, 0.2) is 11.5 Å². The van der Waals surface area contributed by atoms with Crippen molar-refractivity contribution in [2.75, 3.05) is 0 Å². The standard InChI is InChI=1S/C18H20O3/c1-12-7-5-6-8-14(12)17(20)21-16-10-9-13(11-15(16)19)18(2,3)4/h5-11,19H,1-4H3. The Labute approximate surface area is 125 Å². The lowest BCUT2D eigenvalue weighted by Gasteiger charge is -2.19. The van der Waals surface area contributed by atoms with Gasteiger partial charge in [0, 0.05) is 0 Å². The van der Waals surface area contributed by atoms with Crippen molar-refractivity contribution < 1.29 is 14.6 Å². The SMILES string of the molecule is Cc1ccccc1C(=O)Oc1ccc(C(C)(C)C)cc1O. The summed E-state index contributed by atoms with van der Waals surface area (Å²) in [5, 5.41) is 10.0. The van der Waals surface area contributed by atoms with Crippen molar-refractivity contribution in [2.45, 2.75) is 33.1 Å². The molecule has 0 aliphatic rings. The first kappa shape index (κ1) is 15.1. The first-order valence-corrected chi connectivity index (χ1v) is 6.90. The molecule has 0 saturated carbocycles. The Kier molecular flexibility index (Phi) is 4.03. The second-order valence-electron chi connectivity index (χ2n) is 6.14. The van der Waals surface area contributed by atoms with Crippen LogP contribution >= 0.6 is 0 Å². The number of benzene rings is 2. The monoisotopic (exact) mass is 284 g/mol. The number of esters is 1. The minimum atomic E-state index is -0.466. The molecule has 3 heteroatoms. The summed E-state index contributed by atoms with van der Waals surface area (Å²) in [6.45, 7) is 8.02. The predicted octanol–water partition coefficient (Wildman–Crippen LogP) is 4.22. The van der Waals surface area contributed by atoms with Crippen LogP contribution in [-0.2, 0) is 5.41 Å². The Bertz CT molecular complexity index is 666. The van der Waals surface area contributed by atoms with Gasteiger partial charge in [0.05, 0.1) is 5.56 Å². The van der Waals surface area contributed by atoms with Crippen LogP contribution in [0.5, 0.6) is 11.5 Å². The van der Waals surface area contributed by atoms with E-state index in [9.17, 15) is 9.90 Å². The summed E-state index contributed by atoms with van der Waals surface area (Å²) in [7, 11) is 0. The second kappa shape index (κ2) is 5.60. The Morgan fingerprint density at radius 2 is 1.76 bits per heavy atom. The largest absolute Gasteiger partial charge is 0.504 e. The highest BCUT2D eigenvalue weighted by atomic mass is 16.5. The van der Waals surface area contributed by atoms with E-state index < -0.39 is 5.97 Å². The van der Waals surface area contributed by atoms with E-state index in [1.807, 2.05) is 25.1 Å². The molecule has 0 fully saturated rings. The van der Waals surface area contributed by atoms with Gasteiger partial charge in [-0.2, -0.15) is 0 Å². The van der Waals surface area contributed by atoms with Crippen LogP contribution in [0.25, 0.3) is 0 Å². The lowest BCUT2D eigenvalue weighted by molar-refractivity contribution is 0.0729. The molecule has 0 atom stereocenters. The zero-order chi connectivity index (χ0) is 15.6. The predicted molar refractivity (Wildman–Crippen MR) is 82.9 cm³/mol. The molecule has 2 aromatic carbocycles. The van der Waals surface area contributed by atoms with Crippen LogP contribution in [0, 0.1) is 6.92 Å². The first-order chi connectivity index (χ1) is 9.79. The molecule has 0 heterocycles. The number of aromatic hydroxyl groups is 1. The number of hydrogen-bond donors (Lipinski definition) is 1. The van der Waals surface area contributed by atoms with E-state index in [4.69, 9.17) is 4.74 Å². The third kappa shape index (κ3) is 3.43. The van der Waals surface area contributed by atoms with Crippen molar-refractivity contribution in [3.05, 3.63) is 59.2 Å². The Balaban J connectivity index is 2.25. The molecule has 0 bridgehead atoms. The number of phenolic OH excluding ortho intramolecular Hbond substituents is 1. The molecule has 2 aromatic rings. The number of aryl methyl sites for hydroxylation is 1. The van der Waals surface area contributed by atoms with Gasteiger partial charge < -0.3 is 9.84 Å². The molecule has 0 radical (unpaired) electrons. The van der Waals surface area contributed by atoms with E-state index in [1.165, 1.54) is 0 Å². The summed E-state index contributed by atoms with van der Waals surface area (Å²) in [6, 6.07) is 12.3. The maximum Gasteiger partial charge on any atom is 0.343 e. The minimum Gasteiger partial charge on any atom is -0.504 e. The van der Waals surface area contributed by atoms with Gasteiger partial charge in [-0.15, -0.1) is 0 Å². The van der Waals surface area contributed by atoms with E-state index in [0.717, 1.165) is 11.1 Å². The summed E-state index contributed by atoms with van der Waals surface area (Å²) in [5.41, 5.74) is 2.25. The molecule has 0 aliphatic carbocycles. The Morgan fingerprint density at radius 3 is 2.33 bits per heavy atom. The highest BCUT2D eigenvalue weighted by Crippen LogP contribution is 2.32. The van der Waals surface area contributed by atoms with Gasteiger partial charge in [-0.1, -0.05) is 45.0 Å². The number of hydrogen-bond acceptors (Lipinski definition) is 3. The quantitative estimate of drug-likeness (QED) is 0.663. The van der Waals surface area contributed by atoms with Crippen LogP contribution in [0.15, 0.2) is 42.5 Å². The highest BCUT2D eigenvalue weighted by Gasteiger charge is 2.18. The van der Waals surface area contributed by atoms with Crippen LogP contribution in [0.4, 0.5) is 0 Å². The van der Waals surface area contributed by atoms with Crippen LogP contribution in [0.3, 0.4) is 0 Å². The molecule has 3 nitrogen and oxygen atoms in total. The smallest absolute Gasteiger partial charge is 0.343 e. The lowest BCUT2D eigenvalue weighted by atomic mass is 9.87. The van der Waals surface area contributed by atoms with Crippen molar-refractivity contribution in [1.29, 1.82) is 0 Å². The number of carbonyl (C=O) groups excluding carboxylic acids is 1. The van der Waals surface area contributed by atoms with E-state index in [1.54, 1.807) is 24.3 Å². The zero-order valence-electron chi connectivity index (χ0n) is 12.8. The van der Waals surface area contributed by atoms with Crippen LogP contribution in [0.1, 0.15) is 42.3 Å². The molecule has 0 saturated heterocycles. The summed E-state index contributed by atoms with van der Waals surface area (Å²) < 4.78 is 5.29. The fourth-order valence-corrected chi connectivity index (χ4v) is 2.03. The molecule has 21 heavy (non-hydrogen) atoms. The zero-order valence-corrected chi connectivity index (χ0v) is 12.8. The third-order valence-corrected chi connectivity index (χ3v) is 3.39. The molecule has 2 rings (SSSR count). The van der Waals surface area contributed by atoms with E-state index in [2.05, 4.69) is 20.8 Å². The van der Waals surface area contributed by atoms with Crippen LogP contribution in [-0.4, -0.2) is 11.1 Å². The normalized spacial score (nSPS) is 11.2. The van der Waals surface area contributed by atoms with Crippen molar-refractivity contribution in [2.24, 2.45) is 0 Å². The Hall–Kier alpha value is -2.29. The fourth-order valence-electron chi connectivity index (χ4n) is 2.03. The molecule has 0 spiro atoms. The van der Waals surface area contributed by atoms with Crippen molar-refractivity contribution in [1.82, 2.24) is 0 Å². The Morgan fingerprint density at radius 1 is 1.10 bits per heavy atom. The summed E-state index contributed by atoms with van der Waals surface area (Å²) in [4.78, 5) is 12.1. The molecule has 1 N–H and O–H groups in total. The van der Waals surface area contributed by atoms with E-state index in [-0.39, 0.29) is 16.9 Å². The molecule has 110 valence electrons. The molecule has 0 aromatic heterocycles. The molecule has 0 aliphatic heterocycles. The number of carbonyl (C=O) groups is 1. The van der Waals surface area contributed by atoms with Crippen molar-refractivity contribution >= 4 is 5.97 Å². The van der Waals surface area contributed by atoms with Crippen molar-refractivity contribution in [3.8, 4) is 11.5 Å². The average Bonchev–Trinajstić information content (AvgIpc) is 2.40. The number of ether oxygens (including phenoxy) is 1. The summed E-state index contributed by atoms with van der Waals surface area (Å²) >= 11 is 0. The van der Waals surface area contributed by atoms with Gasteiger partial charge in [-0.3, -0.25) is 0 Å². The van der Waals surface area contributed by atoms with Gasteiger partial charge >= 0.3 is 5.97 Å². The maximum atomic E-state index is 12.1. The molecule has 0 unspecified atom stereocenters. The fraction of sp³-hybridized carbons (Fsp3) is 0.278. The molecular formula is C18H20O3. The average molecular weight is 284 g/mol. The topological polar surface area (TPSA) is 46.5 Å². The molecular weight excluding hydrogens is 264 g/mol. The number of phenols is 1. The lowest BCUT2D eigenvalue weighted by Crippen LogP contribution is -2.12. The van der Waals surface area contributed by atoms with E-state index >= 15 is 0 Å². The van der Waals surface area contributed by atoms with Gasteiger partial charge in [-0.25, -0.2) is 4.79 Å². The number of rotatable bonds is 2. The second-order valence-corrected chi connectivity index (χ2v) is 6.14. The van der Waals surface area contributed by atoms with Crippen molar-refractivity contribution in [3.63, 3.8) is 0 Å². The van der Waals surface area contributed by atoms with Crippen LogP contribution < -0.4 is 4.74 Å². The third-order valence-electron chi connectivity index (χ3n) is 3.39. The van der Waals surface area contributed by atoms with Crippen LogP contribution in [0.2, 0.25) is 0 Å². The highest BCUT2D eigenvalue weighted by molar-refractivity contribution is 5.92. The summed E-state index contributed by atoms with van der Waals surface area (Å²) in [6.07, 6.45) is 0. The maximum absolute atomic E-state index is 12.1. The summed E-state index contributed by atoms with van der Waals surface area (Å²) in [5.74, 6) is -0.312. The van der Waals surface area contributed by atoms with Gasteiger partial charge in [0.25, 0.3) is 0 Å². The van der Waals surface area contributed by atoms with Gasteiger partial charge in [0.2, 0.25) is 0 Å². The van der Waals surface area contributed by atoms with Gasteiger partial charge in [-0.05, 0) is 41.7 Å².